The number of hydrogen-bond donors (Lipinski definition) is 2. The molecule has 0 radical (unpaired) electrons. The molecule has 2 N–H and O–H groups in total. The number of aromatic amines is 1. The second kappa shape index (κ2) is 5.81. The van der Waals surface area contributed by atoms with Gasteiger partial charge in [0, 0.05) is 29.0 Å². The second-order valence-corrected chi connectivity index (χ2v) is 6.03. The second-order valence-electron chi connectivity index (χ2n) is 5.31. The third kappa shape index (κ3) is 2.46. The lowest BCUT2D eigenvalue weighted by Crippen LogP contribution is -2.34. The van der Waals surface area contributed by atoms with Crippen molar-refractivity contribution in [2.24, 2.45) is 5.41 Å². The first-order valence-electron chi connectivity index (χ1n) is 7.05. The Morgan fingerprint density at radius 1 is 1.50 bits per heavy atom. The van der Waals surface area contributed by atoms with E-state index in [2.05, 4.69) is 15.2 Å². The van der Waals surface area contributed by atoms with E-state index in [0.29, 0.717) is 18.4 Å². The van der Waals surface area contributed by atoms with Crippen LogP contribution in [0.25, 0.3) is 10.9 Å². The molecule has 0 amide bonds. The molecular weight excluding hydrogens is 296 g/mol. The normalized spacial score (nSPS) is 13.9. The summed E-state index contributed by atoms with van der Waals surface area (Å²) >= 11 is 1.50. The molecule has 0 aliphatic heterocycles. The molecule has 2 aromatic heterocycles. The van der Waals surface area contributed by atoms with E-state index >= 15 is 0 Å². The van der Waals surface area contributed by atoms with Crippen LogP contribution in [0.5, 0.6) is 0 Å². The summed E-state index contributed by atoms with van der Waals surface area (Å²) < 4.78 is 0. The topological polar surface area (TPSA) is 82.5 Å². The highest BCUT2D eigenvalue weighted by atomic mass is 32.1. The van der Waals surface area contributed by atoms with Gasteiger partial charge in [0.1, 0.15) is 0 Å². The summed E-state index contributed by atoms with van der Waals surface area (Å²) in [6, 6.07) is 5.47. The third-order valence-electron chi connectivity index (χ3n) is 4.04. The van der Waals surface area contributed by atoms with Gasteiger partial charge in [0.25, 0.3) is 0 Å². The number of Topliss-reactive ketones (excluding diaryl/α,β-unsaturated/α-hetero) is 1. The van der Waals surface area contributed by atoms with Crippen molar-refractivity contribution in [1.82, 2.24) is 15.2 Å². The number of carbonyl (C=O) groups is 1. The van der Waals surface area contributed by atoms with Gasteiger partial charge in [-0.25, -0.2) is 4.98 Å². The van der Waals surface area contributed by atoms with E-state index in [1.807, 2.05) is 24.4 Å². The van der Waals surface area contributed by atoms with Crippen molar-refractivity contribution in [3.63, 3.8) is 0 Å². The van der Waals surface area contributed by atoms with Crippen LogP contribution < -0.4 is 0 Å². The van der Waals surface area contributed by atoms with Crippen LogP contribution >= 0.6 is 11.3 Å². The first kappa shape index (κ1) is 14.6. The summed E-state index contributed by atoms with van der Waals surface area (Å²) in [6.45, 7) is 1.94. The van der Waals surface area contributed by atoms with Crippen molar-refractivity contribution < 1.29 is 4.79 Å². The highest BCUT2D eigenvalue weighted by Gasteiger charge is 2.36. The molecule has 2 heterocycles. The Balaban J connectivity index is 1.99. The number of thiazole rings is 1. The van der Waals surface area contributed by atoms with Gasteiger partial charge in [-0.15, -0.1) is 11.3 Å². The molecule has 3 rings (SSSR count). The Morgan fingerprint density at radius 2 is 2.36 bits per heavy atom. The van der Waals surface area contributed by atoms with Gasteiger partial charge in [-0.3, -0.25) is 9.89 Å². The zero-order chi connectivity index (χ0) is 15.6. The molecule has 6 heteroatoms. The first-order chi connectivity index (χ1) is 10.7. The van der Waals surface area contributed by atoms with Gasteiger partial charge in [0.05, 0.1) is 28.3 Å². The summed E-state index contributed by atoms with van der Waals surface area (Å²) in [6.07, 6.45) is 3.99. The molecule has 0 aliphatic rings. The molecule has 1 atom stereocenters. The van der Waals surface area contributed by atoms with E-state index in [1.54, 1.807) is 17.8 Å². The fourth-order valence-corrected chi connectivity index (χ4v) is 3.16. The summed E-state index contributed by atoms with van der Waals surface area (Å²) in [5, 5.41) is 17.5. The van der Waals surface area contributed by atoms with Gasteiger partial charge in [0.2, 0.25) is 0 Å². The number of aromatic nitrogens is 3. The van der Waals surface area contributed by atoms with E-state index in [1.165, 1.54) is 17.6 Å². The minimum Gasteiger partial charge on any atom is -0.312 e. The molecule has 0 aliphatic carbocycles. The maximum atomic E-state index is 13.0. The highest BCUT2D eigenvalue weighted by molar-refractivity contribution is 7.07. The molecule has 0 fully saturated rings. The largest absolute Gasteiger partial charge is 0.312 e. The SMILES string of the molecule is CCC(C=N)(Cc1cscn1)C(=O)c1ccc2[nH]ncc2c1. The van der Waals surface area contributed by atoms with E-state index in [9.17, 15) is 4.79 Å². The molecule has 0 bridgehead atoms. The standard InChI is InChI=1S/C16H16N4OS/c1-2-16(9-17,6-13-8-22-10-18-13)15(21)11-3-4-14-12(5-11)7-19-20-14/h3-5,7-10,17H,2,6H2,1H3,(H,19,20). The molecule has 0 saturated carbocycles. The van der Waals surface area contributed by atoms with Crippen LogP contribution in [0.2, 0.25) is 0 Å². The third-order valence-corrected chi connectivity index (χ3v) is 4.68. The van der Waals surface area contributed by atoms with Gasteiger partial charge < -0.3 is 5.41 Å². The Labute approximate surface area is 131 Å². The maximum Gasteiger partial charge on any atom is 0.174 e. The number of ketones is 1. The number of benzene rings is 1. The van der Waals surface area contributed by atoms with E-state index in [0.717, 1.165) is 16.6 Å². The van der Waals surface area contributed by atoms with E-state index in [4.69, 9.17) is 5.41 Å². The fourth-order valence-electron chi connectivity index (χ4n) is 2.60. The minimum atomic E-state index is -0.842. The summed E-state index contributed by atoms with van der Waals surface area (Å²) in [7, 11) is 0. The number of rotatable bonds is 6. The minimum absolute atomic E-state index is 0.0406. The predicted molar refractivity (Wildman–Crippen MR) is 87.7 cm³/mol. The number of nitrogens with zero attached hydrogens (tertiary/aromatic N) is 2. The summed E-state index contributed by atoms with van der Waals surface area (Å²) in [5.41, 5.74) is 3.27. The molecule has 1 aromatic carbocycles. The number of nitrogens with one attached hydrogen (secondary N) is 2. The molecule has 3 aromatic rings. The average Bonchev–Trinajstić information content (AvgIpc) is 3.22. The van der Waals surface area contributed by atoms with Gasteiger partial charge >= 0.3 is 0 Å². The Bertz CT molecular complexity index is 809. The number of carbonyl (C=O) groups excluding carboxylic acids is 1. The predicted octanol–water partition coefficient (Wildman–Crippen LogP) is 3.49. The monoisotopic (exact) mass is 312 g/mol. The van der Waals surface area contributed by atoms with Crippen LogP contribution in [0, 0.1) is 10.8 Å². The fraction of sp³-hybridized carbons (Fsp3) is 0.250. The molecule has 5 nitrogen and oxygen atoms in total. The Hall–Kier alpha value is -2.34. The quantitative estimate of drug-likeness (QED) is 0.540. The van der Waals surface area contributed by atoms with Crippen LogP contribution in [0.4, 0.5) is 0 Å². The molecule has 0 spiro atoms. The van der Waals surface area contributed by atoms with Crippen LogP contribution in [0.15, 0.2) is 35.3 Å². The number of hydrogen-bond acceptors (Lipinski definition) is 5. The Morgan fingerprint density at radius 3 is 3.05 bits per heavy atom. The molecular formula is C16H16N4OS. The summed E-state index contributed by atoms with van der Waals surface area (Å²) in [5.74, 6) is -0.0406. The van der Waals surface area contributed by atoms with E-state index in [-0.39, 0.29) is 5.78 Å². The lowest BCUT2D eigenvalue weighted by molar-refractivity contribution is 0.0870. The zero-order valence-electron chi connectivity index (χ0n) is 12.2. The first-order valence-corrected chi connectivity index (χ1v) is 7.99. The lowest BCUT2D eigenvalue weighted by Gasteiger charge is -2.26. The summed E-state index contributed by atoms with van der Waals surface area (Å²) in [4.78, 5) is 17.3. The van der Waals surface area contributed by atoms with Crippen LogP contribution in [-0.2, 0) is 6.42 Å². The zero-order valence-corrected chi connectivity index (χ0v) is 13.0. The van der Waals surface area contributed by atoms with Gasteiger partial charge in [-0.2, -0.15) is 5.10 Å². The van der Waals surface area contributed by atoms with Crippen LogP contribution in [0.1, 0.15) is 29.4 Å². The average molecular weight is 312 g/mol. The molecule has 1 unspecified atom stereocenters. The van der Waals surface area contributed by atoms with Gasteiger partial charge in [-0.1, -0.05) is 6.92 Å². The maximum absolute atomic E-state index is 13.0. The van der Waals surface area contributed by atoms with Crippen molar-refractivity contribution >= 4 is 34.2 Å². The Kier molecular flexibility index (Phi) is 3.85. The van der Waals surface area contributed by atoms with Crippen molar-refractivity contribution in [2.45, 2.75) is 19.8 Å². The van der Waals surface area contributed by atoms with E-state index < -0.39 is 5.41 Å². The molecule has 112 valence electrons. The van der Waals surface area contributed by atoms with Crippen LogP contribution in [0.3, 0.4) is 0 Å². The number of fused-ring (bicyclic) bond motifs is 1. The van der Waals surface area contributed by atoms with Crippen molar-refractivity contribution in [3.05, 3.63) is 46.5 Å². The smallest absolute Gasteiger partial charge is 0.174 e. The highest BCUT2D eigenvalue weighted by Crippen LogP contribution is 2.30. The molecule has 22 heavy (non-hydrogen) atoms. The number of H-pyrrole nitrogens is 1. The van der Waals surface area contributed by atoms with Crippen LogP contribution in [-0.4, -0.2) is 27.2 Å². The van der Waals surface area contributed by atoms with Crippen molar-refractivity contribution in [1.29, 1.82) is 5.41 Å². The molecule has 0 saturated heterocycles. The van der Waals surface area contributed by atoms with Gasteiger partial charge in [0.15, 0.2) is 5.78 Å². The van der Waals surface area contributed by atoms with Crippen molar-refractivity contribution in [3.8, 4) is 0 Å². The lowest BCUT2D eigenvalue weighted by atomic mass is 9.75. The van der Waals surface area contributed by atoms with Gasteiger partial charge in [-0.05, 0) is 24.6 Å². The van der Waals surface area contributed by atoms with Crippen molar-refractivity contribution in [2.75, 3.05) is 0 Å².